The summed E-state index contributed by atoms with van der Waals surface area (Å²) in [5.74, 6) is 2.30. The minimum Gasteiger partial charge on any atom is -0.339 e. The Morgan fingerprint density at radius 3 is 2.92 bits per heavy atom. The summed E-state index contributed by atoms with van der Waals surface area (Å²) in [6.07, 6.45) is 7.01. The van der Waals surface area contributed by atoms with E-state index in [1.807, 2.05) is 18.3 Å². The van der Waals surface area contributed by atoms with E-state index in [1.54, 1.807) is 11.8 Å². The molecular formula is C20H27N3OS2. The molecule has 0 bridgehead atoms. The third-order valence-corrected chi connectivity index (χ3v) is 7.80. The number of likely N-dealkylation sites (tertiary alicyclic amines) is 1. The number of nitrogens with zero attached hydrogens (tertiary/aromatic N) is 3. The van der Waals surface area contributed by atoms with Crippen LogP contribution in [0.2, 0.25) is 0 Å². The van der Waals surface area contributed by atoms with Crippen molar-refractivity contribution in [2.75, 3.05) is 12.3 Å². The Bertz CT molecular complexity index is 832. The van der Waals surface area contributed by atoms with Gasteiger partial charge in [0.2, 0.25) is 5.91 Å². The van der Waals surface area contributed by atoms with Crippen molar-refractivity contribution in [1.82, 2.24) is 14.9 Å². The zero-order valence-electron chi connectivity index (χ0n) is 15.9. The number of carbonyl (C=O) groups is 1. The minimum absolute atomic E-state index is 0.254. The molecule has 2 aromatic heterocycles. The molecule has 2 aliphatic rings. The maximum absolute atomic E-state index is 12.7. The van der Waals surface area contributed by atoms with Gasteiger partial charge in [-0.25, -0.2) is 9.97 Å². The van der Waals surface area contributed by atoms with Gasteiger partial charge in [0.1, 0.15) is 15.7 Å². The molecule has 0 spiro atoms. The first-order chi connectivity index (χ1) is 12.5. The van der Waals surface area contributed by atoms with E-state index in [0.717, 1.165) is 53.8 Å². The number of hydrogen-bond acceptors (Lipinski definition) is 5. The maximum Gasteiger partial charge on any atom is 0.233 e. The van der Waals surface area contributed by atoms with Crippen LogP contribution >= 0.6 is 23.1 Å². The van der Waals surface area contributed by atoms with Gasteiger partial charge >= 0.3 is 0 Å². The van der Waals surface area contributed by atoms with Crippen LogP contribution in [0.3, 0.4) is 0 Å². The summed E-state index contributed by atoms with van der Waals surface area (Å²) in [6, 6.07) is 0.374. The molecule has 4 rings (SSSR count). The van der Waals surface area contributed by atoms with Crippen molar-refractivity contribution in [1.29, 1.82) is 0 Å². The third-order valence-electron chi connectivity index (χ3n) is 5.69. The Morgan fingerprint density at radius 2 is 2.12 bits per heavy atom. The van der Waals surface area contributed by atoms with Gasteiger partial charge in [-0.2, -0.15) is 0 Å². The molecule has 4 nitrogen and oxygen atoms in total. The van der Waals surface area contributed by atoms with Crippen LogP contribution in [0.1, 0.15) is 55.8 Å². The lowest BCUT2D eigenvalue weighted by atomic mass is 9.89. The van der Waals surface area contributed by atoms with Gasteiger partial charge in [0.15, 0.2) is 0 Å². The molecule has 1 fully saturated rings. The van der Waals surface area contributed by atoms with Crippen molar-refractivity contribution in [2.24, 2.45) is 5.92 Å². The second-order valence-electron chi connectivity index (χ2n) is 7.83. The summed E-state index contributed by atoms with van der Waals surface area (Å²) in [4.78, 5) is 26.8. The minimum atomic E-state index is 0.254. The van der Waals surface area contributed by atoms with Crippen molar-refractivity contribution in [2.45, 2.75) is 70.4 Å². The standard InChI is InChI=1S/C20H27N3OS2/c1-12-7-8-15-16(10-12)26-20-18(15)19(21-14(3)22-20)25-11-17(24)23-9-5-4-6-13(23)2/h12-13H,4-11H2,1-3H3. The number of aromatic nitrogens is 2. The molecule has 2 unspecified atom stereocenters. The number of fused-ring (bicyclic) bond motifs is 3. The van der Waals surface area contributed by atoms with Gasteiger partial charge in [-0.3, -0.25) is 4.79 Å². The van der Waals surface area contributed by atoms with E-state index in [-0.39, 0.29) is 5.91 Å². The van der Waals surface area contributed by atoms with Crippen molar-refractivity contribution in [3.63, 3.8) is 0 Å². The SMILES string of the molecule is Cc1nc(SCC(=O)N2CCCCC2C)c2c3c(sc2n1)CC(C)CC3. The third kappa shape index (κ3) is 3.50. The molecule has 1 amide bonds. The molecular weight excluding hydrogens is 362 g/mol. The average molecular weight is 390 g/mol. The van der Waals surface area contributed by atoms with E-state index < -0.39 is 0 Å². The predicted octanol–water partition coefficient (Wildman–Crippen LogP) is 4.62. The van der Waals surface area contributed by atoms with Crippen LogP contribution in [0.5, 0.6) is 0 Å². The first kappa shape index (κ1) is 18.2. The molecule has 140 valence electrons. The Morgan fingerprint density at radius 1 is 1.27 bits per heavy atom. The molecule has 26 heavy (non-hydrogen) atoms. The van der Waals surface area contributed by atoms with Crippen molar-refractivity contribution >= 4 is 39.2 Å². The molecule has 1 saturated heterocycles. The molecule has 6 heteroatoms. The van der Waals surface area contributed by atoms with Gasteiger partial charge in [-0.1, -0.05) is 18.7 Å². The Hall–Kier alpha value is -1.14. The van der Waals surface area contributed by atoms with Crippen LogP contribution < -0.4 is 0 Å². The maximum atomic E-state index is 12.7. The van der Waals surface area contributed by atoms with E-state index >= 15 is 0 Å². The fourth-order valence-corrected chi connectivity index (χ4v) is 6.68. The van der Waals surface area contributed by atoms with Crippen LogP contribution in [0, 0.1) is 12.8 Å². The molecule has 3 heterocycles. The number of aryl methyl sites for hydroxylation is 2. The first-order valence-electron chi connectivity index (χ1n) is 9.74. The van der Waals surface area contributed by atoms with E-state index in [1.165, 1.54) is 28.7 Å². The summed E-state index contributed by atoms with van der Waals surface area (Å²) in [6.45, 7) is 7.37. The van der Waals surface area contributed by atoms with Crippen LogP contribution in [-0.2, 0) is 17.6 Å². The van der Waals surface area contributed by atoms with Gasteiger partial charge in [0.05, 0.1) is 5.75 Å². The topological polar surface area (TPSA) is 46.1 Å². The van der Waals surface area contributed by atoms with Crippen LogP contribution in [0.15, 0.2) is 5.03 Å². The monoisotopic (exact) mass is 389 g/mol. The number of amides is 1. The Kier molecular flexibility index (Phi) is 5.24. The smallest absolute Gasteiger partial charge is 0.233 e. The highest BCUT2D eigenvalue weighted by atomic mass is 32.2. The average Bonchev–Trinajstić information content (AvgIpc) is 2.96. The van der Waals surface area contributed by atoms with Crippen molar-refractivity contribution in [3.8, 4) is 0 Å². The second-order valence-corrected chi connectivity index (χ2v) is 9.88. The summed E-state index contributed by atoms with van der Waals surface area (Å²) >= 11 is 3.45. The summed E-state index contributed by atoms with van der Waals surface area (Å²) in [7, 11) is 0. The van der Waals surface area contributed by atoms with E-state index in [2.05, 4.69) is 18.7 Å². The largest absolute Gasteiger partial charge is 0.339 e. The Labute approximate surface area is 163 Å². The molecule has 2 aromatic rings. The molecule has 0 radical (unpaired) electrons. The van der Waals surface area contributed by atoms with Crippen LogP contribution in [0.25, 0.3) is 10.2 Å². The lowest BCUT2D eigenvalue weighted by Crippen LogP contribution is -2.42. The van der Waals surface area contributed by atoms with Gasteiger partial charge in [-0.15, -0.1) is 11.3 Å². The Balaban J connectivity index is 1.59. The number of hydrogen-bond donors (Lipinski definition) is 0. The van der Waals surface area contributed by atoms with E-state index in [0.29, 0.717) is 11.8 Å². The highest BCUT2D eigenvalue weighted by molar-refractivity contribution is 8.00. The summed E-state index contributed by atoms with van der Waals surface area (Å²) < 4.78 is 0. The lowest BCUT2D eigenvalue weighted by Gasteiger charge is -2.33. The molecule has 1 aliphatic carbocycles. The molecule has 1 aliphatic heterocycles. The number of thiophene rings is 1. The van der Waals surface area contributed by atoms with Crippen LogP contribution in [0.4, 0.5) is 0 Å². The second kappa shape index (κ2) is 7.47. The number of piperidine rings is 1. The number of rotatable bonds is 3. The summed E-state index contributed by atoms with van der Waals surface area (Å²) in [5, 5.41) is 2.24. The normalized spacial score (nSPS) is 23.3. The van der Waals surface area contributed by atoms with Crippen molar-refractivity contribution < 1.29 is 4.79 Å². The fraction of sp³-hybridized carbons (Fsp3) is 0.650. The highest BCUT2D eigenvalue weighted by Gasteiger charge is 2.26. The molecule has 0 saturated carbocycles. The van der Waals surface area contributed by atoms with Gasteiger partial charge in [0, 0.05) is 22.8 Å². The molecule has 2 atom stereocenters. The molecule has 0 N–H and O–H groups in total. The van der Waals surface area contributed by atoms with Gasteiger partial charge < -0.3 is 4.90 Å². The zero-order chi connectivity index (χ0) is 18.3. The van der Waals surface area contributed by atoms with Crippen LogP contribution in [-0.4, -0.2) is 39.1 Å². The predicted molar refractivity (Wildman–Crippen MR) is 109 cm³/mol. The fourth-order valence-electron chi connectivity index (χ4n) is 4.20. The van der Waals surface area contributed by atoms with Gasteiger partial charge in [0.25, 0.3) is 0 Å². The highest BCUT2D eigenvalue weighted by Crippen LogP contribution is 2.41. The lowest BCUT2D eigenvalue weighted by molar-refractivity contribution is -0.131. The van der Waals surface area contributed by atoms with Gasteiger partial charge in [-0.05, 0) is 63.9 Å². The number of carbonyl (C=O) groups excluding carboxylic acids is 1. The van der Waals surface area contributed by atoms with E-state index in [9.17, 15) is 4.79 Å². The van der Waals surface area contributed by atoms with E-state index in [4.69, 9.17) is 9.97 Å². The van der Waals surface area contributed by atoms with Crippen molar-refractivity contribution in [3.05, 3.63) is 16.3 Å². The first-order valence-corrected chi connectivity index (χ1v) is 11.5. The summed E-state index contributed by atoms with van der Waals surface area (Å²) in [5.41, 5.74) is 1.45. The quantitative estimate of drug-likeness (QED) is 0.568. The molecule has 0 aromatic carbocycles. The number of thioether (sulfide) groups is 1. The zero-order valence-corrected chi connectivity index (χ0v) is 17.5.